The number of anilines is 5. The summed E-state index contributed by atoms with van der Waals surface area (Å²) < 4.78 is 26.6. The maximum atomic E-state index is 12.6. The minimum Gasteiger partial charge on any atom is -0.393 e. The van der Waals surface area contributed by atoms with Crippen molar-refractivity contribution in [3.05, 3.63) is 60.9 Å². The molecule has 2 aromatic carbocycles. The van der Waals surface area contributed by atoms with Gasteiger partial charge in [-0.05, 0) is 36.4 Å². The van der Waals surface area contributed by atoms with Gasteiger partial charge in [0.05, 0.1) is 10.6 Å². The Labute approximate surface area is 176 Å². The third-order valence-corrected chi connectivity index (χ3v) is 6.51. The van der Waals surface area contributed by atoms with Gasteiger partial charge in [0.1, 0.15) is 12.0 Å². The Hall–Kier alpha value is -3.37. The predicted octanol–water partition coefficient (Wildman–Crippen LogP) is 3.27. The maximum absolute atomic E-state index is 12.6. The standard InChI is InChI=1S/C20H25N7O2S/c1-3-27(4-2)30(28,29)17-12-10-15(11-13-17)24-19-18(21)20(23-14-22-19)26-25-16-8-6-5-7-9-16/h5-14,25H,3-4,21H2,1-2H3,(H2,22,23,24,26). The van der Waals surface area contributed by atoms with Crippen molar-refractivity contribution in [2.75, 3.05) is 35.0 Å². The van der Waals surface area contributed by atoms with Gasteiger partial charge in [-0.25, -0.2) is 18.4 Å². The fraction of sp³-hybridized carbons (Fsp3) is 0.200. The lowest BCUT2D eigenvalue weighted by Crippen LogP contribution is -2.30. The highest BCUT2D eigenvalue weighted by atomic mass is 32.2. The third-order valence-electron chi connectivity index (χ3n) is 4.44. The Morgan fingerprint density at radius 3 is 2.13 bits per heavy atom. The number of hydrogen-bond donors (Lipinski definition) is 4. The van der Waals surface area contributed by atoms with Crippen molar-refractivity contribution in [3.8, 4) is 0 Å². The normalized spacial score (nSPS) is 11.3. The number of nitrogens with zero attached hydrogens (tertiary/aromatic N) is 3. The molecule has 10 heteroatoms. The molecule has 0 atom stereocenters. The lowest BCUT2D eigenvalue weighted by Gasteiger charge is -2.18. The SMILES string of the molecule is CCN(CC)S(=O)(=O)c1ccc(Nc2ncnc(NNc3ccccc3)c2N)cc1. The molecule has 9 nitrogen and oxygen atoms in total. The summed E-state index contributed by atoms with van der Waals surface area (Å²) in [6.45, 7) is 4.46. The van der Waals surface area contributed by atoms with Crippen LogP contribution < -0.4 is 21.9 Å². The zero-order chi connectivity index (χ0) is 21.6. The zero-order valence-electron chi connectivity index (χ0n) is 16.8. The summed E-state index contributed by atoms with van der Waals surface area (Å²) in [5.41, 5.74) is 14.0. The summed E-state index contributed by atoms with van der Waals surface area (Å²) in [5, 5.41) is 3.09. The maximum Gasteiger partial charge on any atom is 0.243 e. The van der Waals surface area contributed by atoms with Gasteiger partial charge in [-0.15, -0.1) is 0 Å². The Kier molecular flexibility index (Phi) is 6.70. The second kappa shape index (κ2) is 9.42. The van der Waals surface area contributed by atoms with Gasteiger partial charge in [0.25, 0.3) is 0 Å². The molecule has 0 aliphatic rings. The molecule has 0 aliphatic heterocycles. The molecule has 0 unspecified atom stereocenters. The molecule has 3 rings (SSSR count). The van der Waals surface area contributed by atoms with Gasteiger partial charge < -0.3 is 11.1 Å². The van der Waals surface area contributed by atoms with Crippen LogP contribution in [0.15, 0.2) is 65.8 Å². The smallest absolute Gasteiger partial charge is 0.243 e. The molecule has 0 spiro atoms. The Balaban J connectivity index is 1.73. The topological polar surface area (TPSA) is 125 Å². The number of para-hydroxylation sites is 1. The minimum absolute atomic E-state index is 0.238. The molecule has 5 N–H and O–H groups in total. The van der Waals surface area contributed by atoms with Crippen LogP contribution in [0.2, 0.25) is 0 Å². The summed E-state index contributed by atoms with van der Waals surface area (Å²) in [6, 6.07) is 16.0. The summed E-state index contributed by atoms with van der Waals surface area (Å²) in [6.07, 6.45) is 1.38. The van der Waals surface area contributed by atoms with Crippen molar-refractivity contribution in [1.29, 1.82) is 0 Å². The monoisotopic (exact) mass is 427 g/mol. The average molecular weight is 428 g/mol. The van der Waals surface area contributed by atoms with Crippen molar-refractivity contribution in [2.45, 2.75) is 18.7 Å². The molecule has 0 radical (unpaired) electrons. The van der Waals surface area contributed by atoms with E-state index < -0.39 is 10.0 Å². The molecule has 1 heterocycles. The lowest BCUT2D eigenvalue weighted by atomic mass is 10.3. The second-order valence-electron chi connectivity index (χ2n) is 6.34. The van der Waals surface area contributed by atoms with Crippen LogP contribution in [0.1, 0.15) is 13.8 Å². The van der Waals surface area contributed by atoms with E-state index in [1.807, 2.05) is 44.2 Å². The summed E-state index contributed by atoms with van der Waals surface area (Å²) in [5.74, 6) is 0.818. The number of benzene rings is 2. The van der Waals surface area contributed by atoms with Gasteiger partial charge in [-0.3, -0.25) is 10.9 Å². The quantitative estimate of drug-likeness (QED) is 0.384. The number of nitrogens with one attached hydrogen (secondary N) is 3. The molecule has 1 aromatic heterocycles. The number of rotatable bonds is 9. The van der Waals surface area contributed by atoms with E-state index in [-0.39, 0.29) is 4.90 Å². The first-order valence-corrected chi connectivity index (χ1v) is 10.9. The van der Waals surface area contributed by atoms with Crippen LogP contribution in [0.3, 0.4) is 0 Å². The molecule has 0 bridgehead atoms. The summed E-state index contributed by atoms with van der Waals surface area (Å²) >= 11 is 0. The number of hydrogen-bond acceptors (Lipinski definition) is 8. The van der Waals surface area contributed by atoms with Crippen LogP contribution in [0.25, 0.3) is 0 Å². The van der Waals surface area contributed by atoms with Gasteiger partial charge in [0.2, 0.25) is 10.0 Å². The predicted molar refractivity (Wildman–Crippen MR) is 120 cm³/mol. The molecular weight excluding hydrogens is 402 g/mol. The van der Waals surface area contributed by atoms with Crippen LogP contribution in [-0.2, 0) is 10.0 Å². The van der Waals surface area contributed by atoms with E-state index in [0.29, 0.717) is 36.1 Å². The zero-order valence-corrected chi connectivity index (χ0v) is 17.6. The van der Waals surface area contributed by atoms with Crippen molar-refractivity contribution in [3.63, 3.8) is 0 Å². The Morgan fingerprint density at radius 2 is 1.50 bits per heavy atom. The van der Waals surface area contributed by atoms with Gasteiger partial charge in [-0.1, -0.05) is 32.0 Å². The van der Waals surface area contributed by atoms with Crippen LogP contribution in [0, 0.1) is 0 Å². The molecule has 0 saturated carbocycles. The average Bonchev–Trinajstić information content (AvgIpc) is 2.76. The molecular formula is C20H25N7O2S. The molecule has 0 saturated heterocycles. The van der Waals surface area contributed by atoms with Gasteiger partial charge >= 0.3 is 0 Å². The van der Waals surface area contributed by atoms with Crippen LogP contribution in [0.5, 0.6) is 0 Å². The Bertz CT molecular complexity index is 1070. The highest BCUT2D eigenvalue weighted by Gasteiger charge is 2.21. The van der Waals surface area contributed by atoms with Crippen molar-refractivity contribution in [2.24, 2.45) is 0 Å². The van der Waals surface area contributed by atoms with E-state index in [1.54, 1.807) is 24.3 Å². The van der Waals surface area contributed by atoms with E-state index in [2.05, 4.69) is 26.1 Å². The second-order valence-corrected chi connectivity index (χ2v) is 8.28. The van der Waals surface area contributed by atoms with Gasteiger partial charge in [0.15, 0.2) is 11.6 Å². The van der Waals surface area contributed by atoms with E-state index in [4.69, 9.17) is 5.73 Å². The van der Waals surface area contributed by atoms with Gasteiger partial charge in [-0.2, -0.15) is 4.31 Å². The van der Waals surface area contributed by atoms with Crippen LogP contribution in [-0.4, -0.2) is 35.8 Å². The lowest BCUT2D eigenvalue weighted by molar-refractivity contribution is 0.445. The van der Waals surface area contributed by atoms with Crippen LogP contribution >= 0.6 is 0 Å². The Morgan fingerprint density at radius 1 is 0.867 bits per heavy atom. The largest absolute Gasteiger partial charge is 0.393 e. The molecule has 158 valence electrons. The summed E-state index contributed by atoms with van der Waals surface area (Å²) in [7, 11) is -3.50. The molecule has 0 aliphatic carbocycles. The van der Waals surface area contributed by atoms with E-state index in [9.17, 15) is 8.42 Å². The minimum atomic E-state index is -3.50. The van der Waals surface area contributed by atoms with E-state index in [1.165, 1.54) is 10.6 Å². The molecule has 30 heavy (non-hydrogen) atoms. The van der Waals surface area contributed by atoms with Crippen molar-refractivity contribution < 1.29 is 8.42 Å². The molecule has 3 aromatic rings. The van der Waals surface area contributed by atoms with E-state index in [0.717, 1.165) is 5.69 Å². The third kappa shape index (κ3) is 4.78. The van der Waals surface area contributed by atoms with Crippen LogP contribution in [0.4, 0.5) is 28.7 Å². The number of sulfonamides is 1. The number of hydrazine groups is 1. The van der Waals surface area contributed by atoms with Crippen molar-refractivity contribution in [1.82, 2.24) is 14.3 Å². The van der Waals surface area contributed by atoms with Gasteiger partial charge in [0, 0.05) is 18.8 Å². The summed E-state index contributed by atoms with van der Waals surface area (Å²) in [4.78, 5) is 8.56. The first-order chi connectivity index (χ1) is 14.5. The first-order valence-electron chi connectivity index (χ1n) is 9.50. The number of nitrogen functional groups attached to an aromatic ring is 1. The number of aromatic nitrogens is 2. The van der Waals surface area contributed by atoms with Crippen molar-refractivity contribution >= 4 is 38.7 Å². The first kappa shape index (κ1) is 21.3. The highest BCUT2D eigenvalue weighted by molar-refractivity contribution is 7.89. The highest BCUT2D eigenvalue weighted by Crippen LogP contribution is 2.27. The fourth-order valence-corrected chi connectivity index (χ4v) is 4.27. The molecule has 0 fully saturated rings. The number of nitrogens with two attached hydrogens (primary N) is 1. The fourth-order valence-electron chi connectivity index (χ4n) is 2.81. The molecule has 0 amide bonds. The van der Waals surface area contributed by atoms with E-state index >= 15 is 0 Å².